The molecule has 0 bridgehead atoms. The van der Waals surface area contributed by atoms with Gasteiger partial charge in [0.05, 0.1) is 18.1 Å². The summed E-state index contributed by atoms with van der Waals surface area (Å²) in [4.78, 5) is 13.7. The number of ether oxygens (including phenoxy) is 1. The maximum absolute atomic E-state index is 12.1. The zero-order chi connectivity index (χ0) is 12.5. The van der Waals surface area contributed by atoms with Gasteiger partial charge in [-0.15, -0.1) is 0 Å². The van der Waals surface area contributed by atoms with E-state index in [2.05, 4.69) is 0 Å². The van der Waals surface area contributed by atoms with E-state index in [4.69, 9.17) is 10.5 Å². The van der Waals surface area contributed by atoms with Crippen molar-refractivity contribution in [3.05, 3.63) is 0 Å². The zero-order valence-corrected chi connectivity index (χ0v) is 10.5. The van der Waals surface area contributed by atoms with Crippen LogP contribution in [0.5, 0.6) is 0 Å². The second kappa shape index (κ2) is 4.91. The van der Waals surface area contributed by atoms with Crippen molar-refractivity contribution in [2.24, 2.45) is 5.73 Å². The first-order valence-corrected chi connectivity index (χ1v) is 7.68. The Kier molecular flexibility index (Phi) is 3.70. The van der Waals surface area contributed by atoms with Gasteiger partial charge in [-0.1, -0.05) is 0 Å². The highest BCUT2D eigenvalue weighted by Crippen LogP contribution is 2.21. The summed E-state index contributed by atoms with van der Waals surface area (Å²) >= 11 is 0. The second-order valence-corrected chi connectivity index (χ2v) is 6.75. The molecule has 2 rings (SSSR count). The van der Waals surface area contributed by atoms with Gasteiger partial charge in [-0.3, -0.25) is 4.79 Å². The molecule has 2 saturated heterocycles. The van der Waals surface area contributed by atoms with Crippen molar-refractivity contribution in [3.8, 4) is 0 Å². The summed E-state index contributed by atoms with van der Waals surface area (Å²) < 4.78 is 28.2. The summed E-state index contributed by atoms with van der Waals surface area (Å²) in [7, 11) is -2.96. The van der Waals surface area contributed by atoms with Gasteiger partial charge in [0, 0.05) is 12.6 Å². The Hall–Kier alpha value is -0.660. The van der Waals surface area contributed by atoms with E-state index in [0.29, 0.717) is 32.5 Å². The van der Waals surface area contributed by atoms with Crippen molar-refractivity contribution in [3.63, 3.8) is 0 Å². The summed E-state index contributed by atoms with van der Waals surface area (Å²) in [5.41, 5.74) is 5.42. The molecule has 98 valence electrons. The molecule has 17 heavy (non-hydrogen) atoms. The van der Waals surface area contributed by atoms with Gasteiger partial charge in [-0.2, -0.15) is 0 Å². The quantitative estimate of drug-likeness (QED) is 0.686. The van der Waals surface area contributed by atoms with Crippen LogP contribution in [-0.2, 0) is 19.4 Å². The number of nitrogens with zero attached hydrogens (tertiary/aromatic N) is 1. The van der Waals surface area contributed by atoms with E-state index in [1.807, 2.05) is 0 Å². The average Bonchev–Trinajstić information content (AvgIpc) is 2.62. The molecule has 6 nitrogen and oxygen atoms in total. The van der Waals surface area contributed by atoms with Gasteiger partial charge in [-0.25, -0.2) is 8.42 Å². The van der Waals surface area contributed by atoms with E-state index in [-0.39, 0.29) is 23.5 Å². The Labute approximate surface area is 101 Å². The minimum absolute atomic E-state index is 0.0914. The van der Waals surface area contributed by atoms with Crippen LogP contribution in [0.4, 0.5) is 0 Å². The molecule has 7 heteroatoms. The van der Waals surface area contributed by atoms with E-state index >= 15 is 0 Å². The monoisotopic (exact) mass is 262 g/mol. The smallest absolute Gasteiger partial charge is 0.252 e. The number of sulfone groups is 1. The Morgan fingerprint density at radius 1 is 1.47 bits per heavy atom. The van der Waals surface area contributed by atoms with Gasteiger partial charge in [0.15, 0.2) is 9.84 Å². The fourth-order valence-corrected chi connectivity index (χ4v) is 4.13. The van der Waals surface area contributed by atoms with Gasteiger partial charge >= 0.3 is 0 Å². The number of hydrogen-bond donors (Lipinski definition) is 1. The molecule has 0 radical (unpaired) electrons. The molecule has 0 spiro atoms. The van der Waals surface area contributed by atoms with Gasteiger partial charge < -0.3 is 15.4 Å². The number of carbonyl (C=O) groups excluding carboxylic acids is 1. The molecule has 0 aromatic rings. The molecule has 0 aliphatic carbocycles. The van der Waals surface area contributed by atoms with Crippen molar-refractivity contribution in [2.75, 3.05) is 31.2 Å². The van der Waals surface area contributed by atoms with Crippen LogP contribution in [0.15, 0.2) is 0 Å². The molecule has 0 aromatic carbocycles. The Bertz CT molecular complexity index is 393. The lowest BCUT2D eigenvalue weighted by Gasteiger charge is -2.35. The maximum Gasteiger partial charge on any atom is 0.252 e. The molecule has 2 N–H and O–H groups in total. The number of morpholine rings is 1. The third-order valence-corrected chi connectivity index (χ3v) is 5.04. The summed E-state index contributed by atoms with van der Waals surface area (Å²) in [6.45, 7) is 1.35. The highest BCUT2D eigenvalue weighted by atomic mass is 32.2. The summed E-state index contributed by atoms with van der Waals surface area (Å²) in [5.74, 6) is 0.168. The minimum atomic E-state index is -2.96. The first-order valence-electron chi connectivity index (χ1n) is 5.86. The van der Waals surface area contributed by atoms with Gasteiger partial charge in [-0.05, 0) is 19.4 Å². The van der Waals surface area contributed by atoms with Gasteiger partial charge in [0.25, 0.3) is 5.91 Å². The third kappa shape index (κ3) is 2.78. The third-order valence-electron chi connectivity index (χ3n) is 3.29. The van der Waals surface area contributed by atoms with E-state index in [0.717, 1.165) is 0 Å². The molecule has 2 aliphatic heterocycles. The van der Waals surface area contributed by atoms with Gasteiger partial charge in [0.1, 0.15) is 6.10 Å². The molecule has 2 unspecified atom stereocenters. The summed E-state index contributed by atoms with van der Waals surface area (Å²) in [6.07, 6.45) is 0.551. The van der Waals surface area contributed by atoms with Crippen LogP contribution >= 0.6 is 0 Å². The summed E-state index contributed by atoms with van der Waals surface area (Å²) in [5, 5.41) is 0. The Morgan fingerprint density at radius 2 is 2.24 bits per heavy atom. The predicted molar refractivity (Wildman–Crippen MR) is 62.2 cm³/mol. The van der Waals surface area contributed by atoms with Crippen molar-refractivity contribution < 1.29 is 17.9 Å². The molecule has 2 atom stereocenters. The van der Waals surface area contributed by atoms with Crippen LogP contribution in [0.1, 0.15) is 12.8 Å². The fourth-order valence-electron chi connectivity index (χ4n) is 2.40. The topological polar surface area (TPSA) is 89.7 Å². The maximum atomic E-state index is 12.1. The Balaban J connectivity index is 2.03. The van der Waals surface area contributed by atoms with E-state index in [1.165, 1.54) is 0 Å². The lowest BCUT2D eigenvalue weighted by molar-refractivity contribution is -0.155. The normalized spacial score (nSPS) is 33.0. The van der Waals surface area contributed by atoms with Crippen molar-refractivity contribution in [1.82, 2.24) is 4.90 Å². The number of nitrogens with two attached hydrogens (primary N) is 1. The fraction of sp³-hybridized carbons (Fsp3) is 0.900. The van der Waals surface area contributed by atoms with E-state index < -0.39 is 15.9 Å². The van der Waals surface area contributed by atoms with Gasteiger partial charge in [0.2, 0.25) is 0 Å². The largest absolute Gasteiger partial charge is 0.366 e. The average molecular weight is 262 g/mol. The molecule has 0 saturated carbocycles. The highest BCUT2D eigenvalue weighted by Gasteiger charge is 2.38. The minimum Gasteiger partial charge on any atom is -0.366 e. The SMILES string of the molecule is NCCC1OCCN(C2CCS(=O)(=O)C2)C1=O. The summed E-state index contributed by atoms with van der Waals surface area (Å²) in [6, 6.07) is -0.170. The molecule has 2 aliphatic rings. The molecule has 0 aromatic heterocycles. The first kappa shape index (κ1) is 12.8. The Morgan fingerprint density at radius 3 is 2.82 bits per heavy atom. The highest BCUT2D eigenvalue weighted by molar-refractivity contribution is 7.91. The lowest BCUT2D eigenvalue weighted by Crippen LogP contribution is -2.53. The molecule has 2 fully saturated rings. The predicted octanol–water partition coefficient (Wildman–Crippen LogP) is -1.25. The lowest BCUT2D eigenvalue weighted by atomic mass is 10.1. The van der Waals surface area contributed by atoms with Crippen LogP contribution in [0.25, 0.3) is 0 Å². The molecule has 2 heterocycles. The molecule has 1 amide bonds. The van der Waals surface area contributed by atoms with Crippen LogP contribution in [0.3, 0.4) is 0 Å². The van der Waals surface area contributed by atoms with Crippen LogP contribution in [-0.4, -0.2) is 62.6 Å². The first-order chi connectivity index (χ1) is 8.03. The zero-order valence-electron chi connectivity index (χ0n) is 9.67. The van der Waals surface area contributed by atoms with E-state index in [9.17, 15) is 13.2 Å². The molecular formula is C10H18N2O4S. The number of rotatable bonds is 3. The van der Waals surface area contributed by atoms with Crippen molar-refractivity contribution in [1.29, 1.82) is 0 Å². The standard InChI is InChI=1S/C10H18N2O4S/c11-3-1-9-10(13)12(4-5-16-9)8-2-6-17(14,15)7-8/h8-9H,1-7,11H2. The van der Waals surface area contributed by atoms with Crippen LogP contribution in [0.2, 0.25) is 0 Å². The van der Waals surface area contributed by atoms with Crippen LogP contribution < -0.4 is 5.73 Å². The number of carbonyl (C=O) groups is 1. The van der Waals surface area contributed by atoms with Crippen molar-refractivity contribution >= 4 is 15.7 Å². The van der Waals surface area contributed by atoms with Crippen molar-refractivity contribution in [2.45, 2.75) is 25.0 Å². The van der Waals surface area contributed by atoms with Crippen LogP contribution in [0, 0.1) is 0 Å². The molecular weight excluding hydrogens is 244 g/mol. The number of hydrogen-bond acceptors (Lipinski definition) is 5. The number of amides is 1. The second-order valence-electron chi connectivity index (χ2n) is 4.53. The van der Waals surface area contributed by atoms with E-state index in [1.54, 1.807) is 4.90 Å².